The van der Waals surface area contributed by atoms with Gasteiger partial charge in [0.15, 0.2) is 17.3 Å². The van der Waals surface area contributed by atoms with Crippen molar-refractivity contribution in [3.8, 4) is 11.5 Å². The Morgan fingerprint density at radius 3 is 2.47 bits per heavy atom. The largest absolute Gasteiger partial charge is 0.492 e. The molecular formula is C22H20O8. The Morgan fingerprint density at radius 2 is 1.77 bits per heavy atom. The molecule has 2 heterocycles. The molecule has 1 aromatic rings. The van der Waals surface area contributed by atoms with Crippen LogP contribution in [0, 0.1) is 11.8 Å². The van der Waals surface area contributed by atoms with Gasteiger partial charge in [-0.15, -0.1) is 0 Å². The molecule has 0 bridgehead atoms. The molecule has 8 nitrogen and oxygen atoms in total. The minimum Gasteiger partial charge on any atom is -0.492 e. The smallest absolute Gasteiger partial charge is 0.310 e. The Labute approximate surface area is 172 Å². The second kappa shape index (κ2) is 6.98. The summed E-state index contributed by atoms with van der Waals surface area (Å²) in [4.78, 5) is 37.2. The summed E-state index contributed by atoms with van der Waals surface area (Å²) < 4.78 is 27.7. The molecule has 0 aromatic heterocycles. The number of hydrogen-bond donors (Lipinski definition) is 0. The van der Waals surface area contributed by atoms with Crippen LogP contribution in [0.3, 0.4) is 0 Å². The summed E-state index contributed by atoms with van der Waals surface area (Å²) in [5.41, 5.74) is 2.18. The molecular weight excluding hydrogens is 392 g/mol. The monoisotopic (exact) mass is 412 g/mol. The Bertz CT molecular complexity index is 1020. The van der Waals surface area contributed by atoms with Crippen molar-refractivity contribution in [2.24, 2.45) is 11.8 Å². The molecule has 0 amide bonds. The molecule has 0 saturated carbocycles. The van der Waals surface area contributed by atoms with Crippen LogP contribution in [-0.4, -0.2) is 44.7 Å². The van der Waals surface area contributed by atoms with Crippen molar-refractivity contribution >= 4 is 17.5 Å². The molecule has 0 unspecified atom stereocenters. The molecule has 0 radical (unpaired) electrons. The predicted molar refractivity (Wildman–Crippen MR) is 101 cm³/mol. The number of benzene rings is 1. The number of methoxy groups -OCH3 is 1. The first-order valence-corrected chi connectivity index (χ1v) is 9.81. The number of ether oxygens (including phenoxy) is 5. The third-order valence-electron chi connectivity index (χ3n) is 6.09. The van der Waals surface area contributed by atoms with E-state index in [4.69, 9.17) is 23.7 Å². The van der Waals surface area contributed by atoms with Gasteiger partial charge in [0, 0.05) is 18.4 Å². The van der Waals surface area contributed by atoms with Crippen molar-refractivity contribution in [1.82, 2.24) is 0 Å². The van der Waals surface area contributed by atoms with Gasteiger partial charge in [0.1, 0.15) is 0 Å². The van der Waals surface area contributed by atoms with Crippen LogP contribution in [0.5, 0.6) is 11.5 Å². The maximum Gasteiger partial charge on any atom is 0.310 e. The lowest BCUT2D eigenvalue weighted by atomic mass is 9.65. The third kappa shape index (κ3) is 2.67. The van der Waals surface area contributed by atoms with Crippen molar-refractivity contribution < 1.29 is 38.1 Å². The Balaban J connectivity index is 1.72. The third-order valence-corrected chi connectivity index (χ3v) is 6.09. The van der Waals surface area contributed by atoms with Crippen molar-refractivity contribution in [3.05, 3.63) is 46.7 Å². The number of carbonyl (C=O) groups is 3. The normalized spacial score (nSPS) is 29.1. The van der Waals surface area contributed by atoms with Crippen LogP contribution in [0.1, 0.15) is 30.1 Å². The molecule has 8 heteroatoms. The highest BCUT2D eigenvalue weighted by atomic mass is 16.7. The molecule has 1 saturated heterocycles. The fraction of sp³-hybridized carbons (Fsp3) is 0.409. The maximum absolute atomic E-state index is 12.8. The minimum atomic E-state index is -0.708. The molecule has 5 rings (SSSR count). The van der Waals surface area contributed by atoms with E-state index in [1.807, 2.05) is 19.1 Å². The Kier molecular flexibility index (Phi) is 4.39. The molecule has 0 spiro atoms. The van der Waals surface area contributed by atoms with E-state index in [-0.39, 0.29) is 37.2 Å². The highest BCUT2D eigenvalue weighted by Gasteiger charge is 2.53. The van der Waals surface area contributed by atoms with Gasteiger partial charge >= 0.3 is 5.97 Å². The van der Waals surface area contributed by atoms with Gasteiger partial charge in [0.2, 0.25) is 12.6 Å². The summed E-state index contributed by atoms with van der Waals surface area (Å²) in [6.07, 6.45) is 2.46. The summed E-state index contributed by atoms with van der Waals surface area (Å²) in [5.74, 6) is -1.91. The number of Topliss-reactive ketones (excluding diaryl/α,β-unsaturated/α-hetero) is 1. The summed E-state index contributed by atoms with van der Waals surface area (Å²) in [7, 11) is 1.34. The van der Waals surface area contributed by atoms with Crippen LogP contribution in [-0.2, 0) is 28.6 Å². The SMILES string of the molecule is CCO[C@@H]1c2cc3c(cc2[C@@H](C2=CC(=O)C(=O)C(OC)=C2)[C@H]2C(=O)OC[C@@H]21)OCO3. The number of ketones is 2. The topological polar surface area (TPSA) is 97.4 Å². The summed E-state index contributed by atoms with van der Waals surface area (Å²) in [6.45, 7) is 2.69. The van der Waals surface area contributed by atoms with Crippen molar-refractivity contribution in [2.45, 2.75) is 18.9 Å². The van der Waals surface area contributed by atoms with Crippen molar-refractivity contribution in [2.75, 3.05) is 27.1 Å². The van der Waals surface area contributed by atoms with Crippen LogP contribution < -0.4 is 9.47 Å². The first-order chi connectivity index (χ1) is 14.5. The Hall–Kier alpha value is -3.13. The van der Waals surface area contributed by atoms with E-state index in [0.717, 1.165) is 11.1 Å². The fourth-order valence-electron chi connectivity index (χ4n) is 4.83. The zero-order valence-corrected chi connectivity index (χ0v) is 16.5. The first-order valence-electron chi connectivity index (χ1n) is 9.81. The van der Waals surface area contributed by atoms with Gasteiger partial charge in [-0.3, -0.25) is 14.4 Å². The van der Waals surface area contributed by atoms with E-state index in [1.165, 1.54) is 19.3 Å². The number of hydrogen-bond acceptors (Lipinski definition) is 8. The fourth-order valence-corrected chi connectivity index (χ4v) is 4.83. The van der Waals surface area contributed by atoms with Gasteiger partial charge in [-0.05, 0) is 47.9 Å². The van der Waals surface area contributed by atoms with Crippen LogP contribution in [0.2, 0.25) is 0 Å². The second-order valence-corrected chi connectivity index (χ2v) is 7.56. The average molecular weight is 412 g/mol. The summed E-state index contributed by atoms with van der Waals surface area (Å²) >= 11 is 0. The molecule has 4 aliphatic rings. The zero-order chi connectivity index (χ0) is 21.0. The van der Waals surface area contributed by atoms with E-state index in [9.17, 15) is 14.4 Å². The molecule has 0 N–H and O–H groups in total. The van der Waals surface area contributed by atoms with Crippen LogP contribution in [0.15, 0.2) is 35.6 Å². The van der Waals surface area contributed by atoms with Gasteiger partial charge in [-0.25, -0.2) is 0 Å². The minimum absolute atomic E-state index is 0.0466. The lowest BCUT2D eigenvalue weighted by Gasteiger charge is -2.39. The van der Waals surface area contributed by atoms with Crippen molar-refractivity contribution in [3.63, 3.8) is 0 Å². The zero-order valence-electron chi connectivity index (χ0n) is 16.5. The van der Waals surface area contributed by atoms with Crippen LogP contribution in [0.4, 0.5) is 0 Å². The van der Waals surface area contributed by atoms with E-state index < -0.39 is 23.4 Å². The van der Waals surface area contributed by atoms with Crippen LogP contribution in [0.25, 0.3) is 0 Å². The lowest BCUT2D eigenvalue weighted by Crippen LogP contribution is -2.37. The van der Waals surface area contributed by atoms with Crippen LogP contribution >= 0.6 is 0 Å². The van der Waals surface area contributed by atoms with Gasteiger partial charge in [0.05, 0.1) is 25.7 Å². The molecule has 2 aliphatic heterocycles. The molecule has 30 heavy (non-hydrogen) atoms. The molecule has 156 valence electrons. The lowest BCUT2D eigenvalue weighted by molar-refractivity contribution is -0.141. The highest BCUT2D eigenvalue weighted by Crippen LogP contribution is 2.55. The highest BCUT2D eigenvalue weighted by molar-refractivity contribution is 6.47. The predicted octanol–water partition coefficient (Wildman–Crippen LogP) is 1.99. The summed E-state index contributed by atoms with van der Waals surface area (Å²) in [5, 5.41) is 0. The number of esters is 1. The number of rotatable bonds is 4. The van der Waals surface area contributed by atoms with E-state index in [1.54, 1.807) is 0 Å². The number of carbonyl (C=O) groups excluding carboxylic acids is 3. The standard InChI is InChI=1S/C22H20O8/c1-3-27-21-12-7-16-15(29-9-30-16)6-11(12)18(19-13(21)8-28-22(19)25)10-4-14(23)20(24)17(5-10)26-2/h4-7,13,18-19,21H,3,8-9H2,1-2H3/t13-,18+,19-,21+/m0/s1. The van der Waals surface area contributed by atoms with E-state index in [2.05, 4.69) is 0 Å². The number of allylic oxidation sites excluding steroid dienone is 4. The van der Waals surface area contributed by atoms with Gasteiger partial charge < -0.3 is 23.7 Å². The quantitative estimate of drug-likeness (QED) is 0.421. The molecule has 1 aromatic carbocycles. The summed E-state index contributed by atoms with van der Waals surface area (Å²) in [6, 6.07) is 3.71. The maximum atomic E-state index is 12.8. The van der Waals surface area contributed by atoms with Gasteiger partial charge in [-0.2, -0.15) is 0 Å². The van der Waals surface area contributed by atoms with Crippen molar-refractivity contribution in [1.29, 1.82) is 0 Å². The second-order valence-electron chi connectivity index (χ2n) is 7.56. The van der Waals surface area contributed by atoms with Gasteiger partial charge in [0.25, 0.3) is 5.78 Å². The first kappa shape index (κ1) is 18.9. The molecule has 1 fully saturated rings. The number of fused-ring (bicyclic) bond motifs is 3. The van der Waals surface area contributed by atoms with E-state index in [0.29, 0.717) is 23.7 Å². The van der Waals surface area contributed by atoms with Gasteiger partial charge in [-0.1, -0.05) is 0 Å². The Morgan fingerprint density at radius 1 is 1.03 bits per heavy atom. The molecule has 2 aliphatic carbocycles. The number of cyclic esters (lactones) is 1. The van der Waals surface area contributed by atoms with E-state index >= 15 is 0 Å². The average Bonchev–Trinajstić information content (AvgIpc) is 3.35. The molecule has 4 atom stereocenters.